The third-order valence-corrected chi connectivity index (χ3v) is 11.8. The Bertz CT molecular complexity index is 1360. The average Bonchev–Trinajstić information content (AvgIpc) is 3.34. The molecule has 388 valence electrons. The van der Waals surface area contributed by atoms with E-state index in [1.807, 2.05) is 0 Å². The van der Waals surface area contributed by atoms with Crippen LogP contribution >= 0.6 is 0 Å². The first-order valence-electron chi connectivity index (χ1n) is 28.2. The molecule has 0 saturated carbocycles. The lowest BCUT2D eigenvalue weighted by Crippen LogP contribution is -2.30. The van der Waals surface area contributed by atoms with E-state index in [1.54, 1.807) is 0 Å². The molecule has 1 atom stereocenters. The summed E-state index contributed by atoms with van der Waals surface area (Å²) >= 11 is 0. The summed E-state index contributed by atoms with van der Waals surface area (Å²) in [7, 11) is 0. The minimum Gasteiger partial charge on any atom is -0.462 e. The SMILES string of the molecule is CCCCC/C=C\C/C=C\C/C=C\C/C=C\CCCCCC(=O)OC[C@@H](COC(=O)CCCCCCCCCCCCCCCC)OC(=O)CCC/C=C\C/C=C\C/C=C\C/C=C\CCCCC. The van der Waals surface area contributed by atoms with E-state index >= 15 is 0 Å². The molecule has 0 aromatic heterocycles. The minimum atomic E-state index is -0.819. The lowest BCUT2D eigenvalue weighted by atomic mass is 10.0. The summed E-state index contributed by atoms with van der Waals surface area (Å²) in [4.78, 5) is 38.1. The topological polar surface area (TPSA) is 78.9 Å². The van der Waals surface area contributed by atoms with Crippen LogP contribution in [-0.4, -0.2) is 37.2 Å². The Hall–Kier alpha value is -3.67. The molecular weight excluding hydrogens is 841 g/mol. The van der Waals surface area contributed by atoms with Gasteiger partial charge in [0.15, 0.2) is 6.10 Å². The van der Waals surface area contributed by atoms with Gasteiger partial charge in [-0.15, -0.1) is 0 Å². The molecule has 0 amide bonds. The van der Waals surface area contributed by atoms with Gasteiger partial charge in [-0.1, -0.05) is 234 Å². The maximum Gasteiger partial charge on any atom is 0.306 e. The first kappa shape index (κ1) is 64.3. The van der Waals surface area contributed by atoms with E-state index in [1.165, 1.54) is 122 Å². The van der Waals surface area contributed by atoms with Crippen LogP contribution in [0.15, 0.2) is 97.2 Å². The van der Waals surface area contributed by atoms with Gasteiger partial charge in [0.2, 0.25) is 0 Å². The van der Waals surface area contributed by atoms with Crippen molar-refractivity contribution in [3.8, 4) is 0 Å². The quantitative estimate of drug-likeness (QED) is 0.0262. The van der Waals surface area contributed by atoms with Crippen LogP contribution in [0.3, 0.4) is 0 Å². The third kappa shape index (κ3) is 53.3. The molecule has 68 heavy (non-hydrogen) atoms. The summed E-state index contributed by atoms with van der Waals surface area (Å²) in [6.45, 7) is 6.52. The number of rotatable bonds is 50. The number of unbranched alkanes of at least 4 members (excludes halogenated alkanes) is 23. The summed E-state index contributed by atoms with van der Waals surface area (Å²) < 4.78 is 16.8. The van der Waals surface area contributed by atoms with Gasteiger partial charge in [0.1, 0.15) is 13.2 Å². The fraction of sp³-hybridized carbons (Fsp3) is 0.694. The first-order valence-corrected chi connectivity index (χ1v) is 28.2. The molecule has 0 aliphatic heterocycles. The van der Waals surface area contributed by atoms with Crippen molar-refractivity contribution in [3.05, 3.63) is 97.2 Å². The number of carbonyl (C=O) groups excluding carboxylic acids is 3. The van der Waals surface area contributed by atoms with Crippen LogP contribution in [-0.2, 0) is 28.6 Å². The van der Waals surface area contributed by atoms with E-state index in [0.717, 1.165) is 89.9 Å². The maximum absolute atomic E-state index is 12.8. The maximum atomic E-state index is 12.8. The lowest BCUT2D eigenvalue weighted by Gasteiger charge is -2.18. The average molecular weight is 946 g/mol. The van der Waals surface area contributed by atoms with E-state index in [0.29, 0.717) is 19.3 Å². The Kier molecular flexibility index (Phi) is 52.9. The van der Waals surface area contributed by atoms with Crippen molar-refractivity contribution in [1.29, 1.82) is 0 Å². The predicted molar refractivity (Wildman–Crippen MR) is 293 cm³/mol. The summed E-state index contributed by atoms with van der Waals surface area (Å²) in [6.07, 6.45) is 73.9. The van der Waals surface area contributed by atoms with Crippen LogP contribution in [0.2, 0.25) is 0 Å². The predicted octanol–water partition coefficient (Wildman–Crippen LogP) is 18.9. The third-order valence-electron chi connectivity index (χ3n) is 11.8. The van der Waals surface area contributed by atoms with E-state index < -0.39 is 6.10 Å². The normalized spacial score (nSPS) is 12.8. The van der Waals surface area contributed by atoms with Crippen LogP contribution in [0.1, 0.15) is 258 Å². The molecule has 0 bridgehead atoms. The van der Waals surface area contributed by atoms with Gasteiger partial charge in [0.05, 0.1) is 0 Å². The fourth-order valence-corrected chi connectivity index (χ4v) is 7.54. The largest absolute Gasteiger partial charge is 0.462 e. The highest BCUT2D eigenvalue weighted by Crippen LogP contribution is 2.14. The second-order valence-electron chi connectivity index (χ2n) is 18.5. The summed E-state index contributed by atoms with van der Waals surface area (Å²) in [5.74, 6) is -0.995. The molecule has 6 nitrogen and oxygen atoms in total. The van der Waals surface area contributed by atoms with Gasteiger partial charge in [-0.05, 0) is 103 Å². The molecule has 0 radical (unpaired) electrons. The Morgan fingerprint density at radius 1 is 0.294 bits per heavy atom. The number of hydrogen-bond donors (Lipinski definition) is 0. The minimum absolute atomic E-state index is 0.108. The number of esters is 3. The van der Waals surface area contributed by atoms with Crippen LogP contribution in [0.5, 0.6) is 0 Å². The van der Waals surface area contributed by atoms with Crippen molar-refractivity contribution in [2.45, 2.75) is 264 Å². The monoisotopic (exact) mass is 945 g/mol. The smallest absolute Gasteiger partial charge is 0.306 e. The fourth-order valence-electron chi connectivity index (χ4n) is 7.54. The molecule has 0 aromatic rings. The number of carbonyl (C=O) groups is 3. The number of ether oxygens (including phenoxy) is 3. The van der Waals surface area contributed by atoms with Gasteiger partial charge >= 0.3 is 17.9 Å². The molecule has 0 unspecified atom stereocenters. The van der Waals surface area contributed by atoms with Crippen molar-refractivity contribution in [2.75, 3.05) is 13.2 Å². The molecule has 0 saturated heterocycles. The van der Waals surface area contributed by atoms with Gasteiger partial charge in [0.25, 0.3) is 0 Å². The van der Waals surface area contributed by atoms with Crippen LogP contribution in [0.25, 0.3) is 0 Å². The van der Waals surface area contributed by atoms with Crippen molar-refractivity contribution >= 4 is 17.9 Å². The van der Waals surface area contributed by atoms with Gasteiger partial charge in [0, 0.05) is 19.3 Å². The van der Waals surface area contributed by atoms with Crippen LogP contribution in [0.4, 0.5) is 0 Å². The zero-order valence-corrected chi connectivity index (χ0v) is 44.3. The highest BCUT2D eigenvalue weighted by molar-refractivity contribution is 5.71. The summed E-state index contributed by atoms with van der Waals surface area (Å²) in [5.41, 5.74) is 0. The van der Waals surface area contributed by atoms with Crippen molar-refractivity contribution in [2.24, 2.45) is 0 Å². The van der Waals surface area contributed by atoms with Crippen molar-refractivity contribution < 1.29 is 28.6 Å². The Morgan fingerprint density at radius 3 is 0.897 bits per heavy atom. The molecule has 0 rings (SSSR count). The van der Waals surface area contributed by atoms with E-state index in [4.69, 9.17) is 14.2 Å². The van der Waals surface area contributed by atoms with E-state index in [9.17, 15) is 14.4 Å². The number of hydrogen-bond acceptors (Lipinski definition) is 6. The van der Waals surface area contributed by atoms with Gasteiger partial charge in [-0.25, -0.2) is 0 Å². The van der Waals surface area contributed by atoms with Crippen LogP contribution in [0, 0.1) is 0 Å². The van der Waals surface area contributed by atoms with Gasteiger partial charge < -0.3 is 14.2 Å². The zero-order chi connectivity index (χ0) is 49.3. The summed E-state index contributed by atoms with van der Waals surface area (Å²) in [5, 5.41) is 0. The molecule has 0 aliphatic rings. The molecule has 0 aromatic carbocycles. The van der Waals surface area contributed by atoms with E-state index in [-0.39, 0.29) is 37.5 Å². The first-order chi connectivity index (χ1) is 33.5. The molecule has 6 heteroatoms. The lowest BCUT2D eigenvalue weighted by molar-refractivity contribution is -0.167. The molecule has 0 fully saturated rings. The van der Waals surface area contributed by atoms with Crippen molar-refractivity contribution in [1.82, 2.24) is 0 Å². The molecule has 0 N–H and O–H groups in total. The standard InChI is InChI=1S/C62H104O6/c1-4-7-10-13-16-19-22-25-28-30-31-33-34-37-40-43-46-49-52-55-61(64)67-58-59(57-66-60(63)54-51-48-45-42-39-36-27-24-21-18-15-12-9-6-3)68-62(65)56-53-50-47-44-41-38-35-32-29-26-23-20-17-14-11-8-5-2/h16-17,19-20,25-26,28-29,31,33,35,37-38,40,44,47,59H,4-15,18,21-24,27,30,32,34,36,39,41-43,45-46,48-58H2,1-3H3/b19-16-,20-17-,28-25-,29-26-,33-31-,38-35-,40-37-,47-44-/t59-/m1/s1. The second kappa shape index (κ2) is 55.9. The van der Waals surface area contributed by atoms with Gasteiger partial charge in [-0.3, -0.25) is 14.4 Å². The van der Waals surface area contributed by atoms with Crippen molar-refractivity contribution in [3.63, 3.8) is 0 Å². The molecule has 0 spiro atoms. The van der Waals surface area contributed by atoms with E-state index in [2.05, 4.69) is 118 Å². The van der Waals surface area contributed by atoms with Crippen LogP contribution < -0.4 is 0 Å². The molecule has 0 heterocycles. The van der Waals surface area contributed by atoms with Gasteiger partial charge in [-0.2, -0.15) is 0 Å². The highest BCUT2D eigenvalue weighted by atomic mass is 16.6. The summed E-state index contributed by atoms with van der Waals surface area (Å²) in [6, 6.07) is 0. The second-order valence-corrected chi connectivity index (χ2v) is 18.5. The molecular formula is C62H104O6. The Labute approximate surface area is 419 Å². The highest BCUT2D eigenvalue weighted by Gasteiger charge is 2.19. The molecule has 0 aliphatic carbocycles. The zero-order valence-electron chi connectivity index (χ0n) is 44.3. The number of allylic oxidation sites excluding steroid dienone is 16. The Morgan fingerprint density at radius 2 is 0.544 bits per heavy atom. The Balaban J connectivity index is 4.53.